The van der Waals surface area contributed by atoms with Gasteiger partial charge in [0.25, 0.3) is 0 Å². The molecule has 0 saturated heterocycles. The van der Waals surface area contributed by atoms with E-state index < -0.39 is 17.5 Å². The quantitative estimate of drug-likeness (QED) is 0.773. The number of para-hydroxylation sites is 1. The fourth-order valence-electron chi connectivity index (χ4n) is 1.86. The number of rotatable bonds is 2. The Labute approximate surface area is 112 Å². The first-order valence-electron chi connectivity index (χ1n) is 5.76. The van der Waals surface area contributed by atoms with E-state index in [2.05, 4.69) is 15.3 Å². The molecule has 0 aliphatic rings. The predicted octanol–water partition coefficient (Wildman–Crippen LogP) is 3.79. The van der Waals surface area contributed by atoms with Crippen molar-refractivity contribution in [2.45, 2.75) is 0 Å². The number of nitrogens with one attached hydrogen (secondary N) is 1. The number of aromatic nitrogens is 2. The summed E-state index contributed by atoms with van der Waals surface area (Å²) in [6.45, 7) is 0. The van der Waals surface area contributed by atoms with Crippen molar-refractivity contribution in [3.05, 3.63) is 60.2 Å². The van der Waals surface area contributed by atoms with Crippen LogP contribution in [0.5, 0.6) is 0 Å². The highest BCUT2D eigenvalue weighted by atomic mass is 19.1. The minimum absolute atomic E-state index is 0.138. The molecule has 1 heterocycles. The summed E-state index contributed by atoms with van der Waals surface area (Å²) in [5.74, 6) is -1.86. The van der Waals surface area contributed by atoms with E-state index in [4.69, 9.17) is 0 Å². The van der Waals surface area contributed by atoms with Crippen LogP contribution in [0.15, 0.2) is 42.7 Å². The van der Waals surface area contributed by atoms with Crippen molar-refractivity contribution >= 4 is 22.4 Å². The first kappa shape index (κ1) is 12.4. The SMILES string of the molecule is Fc1ccc2ncnc(Nc3c(F)cccc3F)c2c1. The van der Waals surface area contributed by atoms with Crippen LogP contribution in [-0.4, -0.2) is 9.97 Å². The van der Waals surface area contributed by atoms with E-state index in [0.717, 1.165) is 12.1 Å². The van der Waals surface area contributed by atoms with Gasteiger partial charge in [0.05, 0.1) is 5.52 Å². The van der Waals surface area contributed by atoms with Crippen LogP contribution in [0.4, 0.5) is 24.7 Å². The van der Waals surface area contributed by atoms with Crippen LogP contribution in [0, 0.1) is 17.5 Å². The minimum atomic E-state index is -0.756. The second-order valence-corrected chi connectivity index (χ2v) is 4.11. The van der Waals surface area contributed by atoms with Gasteiger partial charge in [-0.1, -0.05) is 6.07 Å². The van der Waals surface area contributed by atoms with Gasteiger partial charge < -0.3 is 5.32 Å². The fraction of sp³-hybridized carbons (Fsp3) is 0. The maximum atomic E-state index is 13.6. The number of hydrogen-bond acceptors (Lipinski definition) is 3. The third-order valence-electron chi connectivity index (χ3n) is 2.80. The van der Waals surface area contributed by atoms with Gasteiger partial charge in [-0.3, -0.25) is 0 Å². The van der Waals surface area contributed by atoms with Gasteiger partial charge in [-0.25, -0.2) is 23.1 Å². The van der Waals surface area contributed by atoms with Crippen molar-refractivity contribution in [2.75, 3.05) is 5.32 Å². The third kappa shape index (κ3) is 2.16. The molecule has 0 spiro atoms. The molecule has 3 aromatic rings. The molecule has 0 fully saturated rings. The Hall–Kier alpha value is -2.63. The summed E-state index contributed by atoms with van der Waals surface area (Å²) in [5, 5.41) is 2.89. The number of benzene rings is 2. The molecule has 100 valence electrons. The van der Waals surface area contributed by atoms with Crippen LogP contribution < -0.4 is 5.32 Å². The van der Waals surface area contributed by atoms with Gasteiger partial charge in [0.2, 0.25) is 0 Å². The topological polar surface area (TPSA) is 37.8 Å². The summed E-state index contributed by atoms with van der Waals surface area (Å²) < 4.78 is 40.5. The van der Waals surface area contributed by atoms with Crippen LogP contribution in [0.25, 0.3) is 10.9 Å². The normalized spacial score (nSPS) is 10.8. The third-order valence-corrected chi connectivity index (χ3v) is 2.80. The molecule has 0 aliphatic heterocycles. The number of hydrogen-bond donors (Lipinski definition) is 1. The smallest absolute Gasteiger partial charge is 0.149 e. The Bertz CT molecular complexity index is 769. The van der Waals surface area contributed by atoms with Crippen molar-refractivity contribution in [1.82, 2.24) is 9.97 Å². The minimum Gasteiger partial charge on any atom is -0.335 e. The number of halogens is 3. The van der Waals surface area contributed by atoms with Crippen LogP contribution in [0.1, 0.15) is 0 Å². The summed E-state index contributed by atoms with van der Waals surface area (Å²) in [5.41, 5.74) is 0.136. The van der Waals surface area contributed by atoms with E-state index in [-0.39, 0.29) is 11.5 Å². The number of nitrogens with zero attached hydrogens (tertiary/aromatic N) is 2. The van der Waals surface area contributed by atoms with E-state index in [9.17, 15) is 13.2 Å². The zero-order valence-electron chi connectivity index (χ0n) is 10.1. The molecule has 0 radical (unpaired) electrons. The van der Waals surface area contributed by atoms with Crippen molar-refractivity contribution < 1.29 is 13.2 Å². The van der Waals surface area contributed by atoms with Gasteiger partial charge in [-0.15, -0.1) is 0 Å². The Morgan fingerprint density at radius 3 is 2.40 bits per heavy atom. The van der Waals surface area contributed by atoms with E-state index in [1.54, 1.807) is 0 Å². The standard InChI is InChI=1S/C14H8F3N3/c15-8-4-5-12-9(6-8)14(19-7-18-12)20-13-10(16)2-1-3-11(13)17/h1-7H,(H,18,19,20). The molecule has 1 aromatic heterocycles. The van der Waals surface area contributed by atoms with Gasteiger partial charge in [0.15, 0.2) is 0 Å². The van der Waals surface area contributed by atoms with Crippen LogP contribution in [0.2, 0.25) is 0 Å². The maximum Gasteiger partial charge on any atom is 0.149 e. The lowest BCUT2D eigenvalue weighted by Gasteiger charge is -2.09. The molecular weight excluding hydrogens is 267 g/mol. The highest BCUT2D eigenvalue weighted by Crippen LogP contribution is 2.26. The Morgan fingerprint density at radius 1 is 0.900 bits per heavy atom. The summed E-state index contributed by atoms with van der Waals surface area (Å²) in [4.78, 5) is 7.87. The Kier molecular flexibility index (Phi) is 2.98. The molecule has 3 rings (SSSR count). The summed E-state index contributed by atoms with van der Waals surface area (Å²) in [6, 6.07) is 7.42. The molecule has 0 aliphatic carbocycles. The van der Waals surface area contributed by atoms with E-state index in [1.807, 2.05) is 0 Å². The summed E-state index contributed by atoms with van der Waals surface area (Å²) in [7, 11) is 0. The Balaban J connectivity index is 2.13. The highest BCUT2D eigenvalue weighted by molar-refractivity contribution is 5.90. The molecule has 0 bridgehead atoms. The van der Waals surface area contributed by atoms with E-state index >= 15 is 0 Å². The molecule has 0 saturated carbocycles. The largest absolute Gasteiger partial charge is 0.335 e. The molecule has 20 heavy (non-hydrogen) atoms. The van der Waals surface area contributed by atoms with Gasteiger partial charge in [0, 0.05) is 5.39 Å². The van der Waals surface area contributed by atoms with E-state index in [1.165, 1.54) is 30.6 Å². The molecule has 6 heteroatoms. The zero-order valence-corrected chi connectivity index (χ0v) is 10.1. The predicted molar refractivity (Wildman–Crippen MR) is 69.1 cm³/mol. The number of fused-ring (bicyclic) bond motifs is 1. The van der Waals surface area contributed by atoms with Crippen molar-refractivity contribution in [1.29, 1.82) is 0 Å². The fourth-order valence-corrected chi connectivity index (χ4v) is 1.86. The molecule has 0 amide bonds. The van der Waals surface area contributed by atoms with Gasteiger partial charge in [-0.2, -0.15) is 0 Å². The van der Waals surface area contributed by atoms with E-state index in [0.29, 0.717) is 10.9 Å². The van der Waals surface area contributed by atoms with Gasteiger partial charge in [-0.05, 0) is 30.3 Å². The zero-order chi connectivity index (χ0) is 14.1. The lowest BCUT2D eigenvalue weighted by atomic mass is 10.2. The Morgan fingerprint density at radius 2 is 1.65 bits per heavy atom. The molecule has 2 aromatic carbocycles. The molecule has 0 unspecified atom stereocenters. The maximum absolute atomic E-state index is 13.6. The molecular formula is C14H8F3N3. The van der Waals surface area contributed by atoms with Crippen LogP contribution in [-0.2, 0) is 0 Å². The summed E-state index contributed by atoms with van der Waals surface area (Å²) in [6.07, 6.45) is 1.24. The average molecular weight is 275 g/mol. The van der Waals surface area contributed by atoms with Crippen molar-refractivity contribution in [3.8, 4) is 0 Å². The monoisotopic (exact) mass is 275 g/mol. The molecule has 0 atom stereocenters. The first-order valence-corrected chi connectivity index (χ1v) is 5.76. The second-order valence-electron chi connectivity index (χ2n) is 4.11. The lowest BCUT2D eigenvalue weighted by molar-refractivity contribution is 0.590. The molecule has 1 N–H and O–H groups in total. The second kappa shape index (κ2) is 4.80. The highest BCUT2D eigenvalue weighted by Gasteiger charge is 2.11. The van der Waals surface area contributed by atoms with Gasteiger partial charge >= 0.3 is 0 Å². The van der Waals surface area contributed by atoms with Crippen molar-refractivity contribution in [2.24, 2.45) is 0 Å². The lowest BCUT2D eigenvalue weighted by Crippen LogP contribution is -2.00. The van der Waals surface area contributed by atoms with Gasteiger partial charge in [0.1, 0.15) is 35.3 Å². The van der Waals surface area contributed by atoms with Crippen molar-refractivity contribution in [3.63, 3.8) is 0 Å². The summed E-state index contributed by atoms with van der Waals surface area (Å²) >= 11 is 0. The number of anilines is 2. The van der Waals surface area contributed by atoms with Crippen LogP contribution >= 0.6 is 0 Å². The first-order chi connectivity index (χ1) is 9.65. The molecule has 3 nitrogen and oxygen atoms in total. The van der Waals surface area contributed by atoms with Crippen LogP contribution in [0.3, 0.4) is 0 Å². The average Bonchev–Trinajstić information content (AvgIpc) is 2.43.